The molecule has 0 spiro atoms. The average molecular weight is 383 g/mol. The van der Waals surface area contributed by atoms with Gasteiger partial charge >= 0.3 is 0 Å². The number of hydrogen-bond donors (Lipinski definition) is 1. The first-order chi connectivity index (χ1) is 14.4. The Labute approximate surface area is 172 Å². The molecule has 29 heavy (non-hydrogen) atoms. The van der Waals surface area contributed by atoms with Gasteiger partial charge in [-0.3, -0.25) is 4.99 Å². The van der Waals surface area contributed by atoms with Crippen molar-refractivity contribution in [1.82, 2.24) is 9.97 Å². The summed E-state index contributed by atoms with van der Waals surface area (Å²) in [7, 11) is 0. The Bertz CT molecular complexity index is 1020. The second kappa shape index (κ2) is 8.16. The molecule has 0 amide bonds. The van der Waals surface area contributed by atoms with Crippen molar-refractivity contribution in [2.24, 2.45) is 4.99 Å². The first kappa shape index (κ1) is 18.0. The van der Waals surface area contributed by atoms with Crippen LogP contribution in [0.25, 0.3) is 11.3 Å². The van der Waals surface area contributed by atoms with Gasteiger partial charge in [0.05, 0.1) is 18.0 Å². The third-order valence-corrected chi connectivity index (χ3v) is 5.94. The van der Waals surface area contributed by atoms with E-state index in [9.17, 15) is 0 Å². The van der Waals surface area contributed by atoms with Crippen LogP contribution in [-0.2, 0) is 6.54 Å². The summed E-state index contributed by atoms with van der Waals surface area (Å²) in [6, 6.07) is 19.3. The number of fused-ring (bicyclic) bond motifs is 3. The molecule has 1 aliphatic carbocycles. The topological polar surface area (TPSA) is 50.2 Å². The number of nitrogens with one attached hydrogen (secondary N) is 1. The summed E-state index contributed by atoms with van der Waals surface area (Å²) >= 11 is 0. The summed E-state index contributed by atoms with van der Waals surface area (Å²) in [4.78, 5) is 14.6. The van der Waals surface area contributed by atoms with E-state index in [1.807, 2.05) is 12.3 Å². The van der Waals surface area contributed by atoms with Gasteiger partial charge in [0.25, 0.3) is 0 Å². The van der Waals surface area contributed by atoms with Gasteiger partial charge in [-0.05, 0) is 12.8 Å². The van der Waals surface area contributed by atoms with Crippen molar-refractivity contribution in [2.45, 2.75) is 51.1 Å². The molecule has 1 N–H and O–H groups in total. The minimum Gasteiger partial charge on any atom is -0.351 e. The molecular formula is C25H26N4. The lowest BCUT2D eigenvalue weighted by Crippen LogP contribution is -2.20. The molecule has 1 aliphatic heterocycles. The van der Waals surface area contributed by atoms with Gasteiger partial charge < -0.3 is 5.32 Å². The quantitative estimate of drug-likeness (QED) is 0.597. The van der Waals surface area contributed by atoms with Crippen molar-refractivity contribution in [1.29, 1.82) is 0 Å². The van der Waals surface area contributed by atoms with Crippen LogP contribution in [0.4, 0.5) is 5.95 Å². The Morgan fingerprint density at radius 2 is 1.52 bits per heavy atom. The van der Waals surface area contributed by atoms with Gasteiger partial charge in [0.1, 0.15) is 0 Å². The molecule has 2 heterocycles. The smallest absolute Gasteiger partial charge is 0.223 e. The number of nitrogens with zero attached hydrogens (tertiary/aromatic N) is 3. The Hall–Kier alpha value is -3.01. The van der Waals surface area contributed by atoms with Crippen LogP contribution in [0.1, 0.15) is 55.2 Å². The van der Waals surface area contributed by atoms with Gasteiger partial charge in [0.2, 0.25) is 5.95 Å². The summed E-state index contributed by atoms with van der Waals surface area (Å²) < 4.78 is 0. The van der Waals surface area contributed by atoms with E-state index in [1.165, 1.54) is 38.5 Å². The summed E-state index contributed by atoms with van der Waals surface area (Å²) in [5.41, 5.74) is 6.51. The molecule has 5 rings (SSSR count). The largest absolute Gasteiger partial charge is 0.351 e. The highest BCUT2D eigenvalue weighted by atomic mass is 15.1. The Kier molecular flexibility index (Phi) is 5.08. The van der Waals surface area contributed by atoms with E-state index < -0.39 is 0 Å². The van der Waals surface area contributed by atoms with Crippen molar-refractivity contribution in [2.75, 3.05) is 5.32 Å². The third-order valence-electron chi connectivity index (χ3n) is 5.94. The summed E-state index contributed by atoms with van der Waals surface area (Å²) in [5, 5.41) is 3.61. The molecule has 0 radical (unpaired) electrons. The van der Waals surface area contributed by atoms with E-state index >= 15 is 0 Å². The van der Waals surface area contributed by atoms with Crippen LogP contribution in [0.3, 0.4) is 0 Å². The summed E-state index contributed by atoms with van der Waals surface area (Å²) in [5.74, 6) is 0.744. The molecule has 4 heteroatoms. The fourth-order valence-corrected chi connectivity index (χ4v) is 4.42. The predicted molar refractivity (Wildman–Crippen MR) is 118 cm³/mol. The first-order valence-corrected chi connectivity index (χ1v) is 10.7. The third kappa shape index (κ3) is 3.80. The fourth-order valence-electron chi connectivity index (χ4n) is 4.42. The van der Waals surface area contributed by atoms with Crippen LogP contribution in [0, 0.1) is 0 Å². The lowest BCUT2D eigenvalue weighted by Gasteiger charge is -2.17. The molecule has 1 fully saturated rings. The van der Waals surface area contributed by atoms with E-state index in [4.69, 9.17) is 9.98 Å². The van der Waals surface area contributed by atoms with Gasteiger partial charge in [0, 0.05) is 34.5 Å². The van der Waals surface area contributed by atoms with Crippen molar-refractivity contribution >= 4 is 11.7 Å². The number of rotatable bonds is 3. The van der Waals surface area contributed by atoms with Crippen LogP contribution < -0.4 is 5.32 Å². The van der Waals surface area contributed by atoms with Crippen LogP contribution in [0.15, 0.2) is 65.8 Å². The maximum Gasteiger partial charge on any atom is 0.223 e. The van der Waals surface area contributed by atoms with E-state index in [2.05, 4.69) is 58.8 Å². The van der Waals surface area contributed by atoms with Crippen LogP contribution >= 0.6 is 0 Å². The molecule has 146 valence electrons. The molecule has 2 aliphatic rings. The SMILES string of the molecule is c1ccc(C2=NCc3cnc(NC4CCCCCC4)nc3-c3ccccc32)cc1. The average Bonchev–Trinajstić information content (AvgIpc) is 3.12. The second-order valence-electron chi connectivity index (χ2n) is 7.98. The highest BCUT2D eigenvalue weighted by molar-refractivity contribution is 6.16. The zero-order chi connectivity index (χ0) is 19.5. The molecule has 3 aromatic rings. The maximum absolute atomic E-state index is 4.97. The fraction of sp³-hybridized carbons (Fsp3) is 0.320. The Morgan fingerprint density at radius 1 is 0.793 bits per heavy atom. The number of anilines is 1. The van der Waals surface area contributed by atoms with Gasteiger partial charge in [-0.2, -0.15) is 0 Å². The number of hydrogen-bond acceptors (Lipinski definition) is 4. The summed E-state index contributed by atoms with van der Waals surface area (Å²) in [6.45, 7) is 0.595. The normalized spacial score (nSPS) is 16.8. The molecule has 4 nitrogen and oxygen atoms in total. The second-order valence-corrected chi connectivity index (χ2v) is 7.98. The number of aliphatic imine (C=N–C) groups is 1. The number of aromatic nitrogens is 2. The first-order valence-electron chi connectivity index (χ1n) is 10.7. The van der Waals surface area contributed by atoms with Crippen LogP contribution in [0.5, 0.6) is 0 Å². The lowest BCUT2D eigenvalue weighted by atomic mass is 9.95. The highest BCUT2D eigenvalue weighted by Crippen LogP contribution is 2.32. The molecule has 1 saturated carbocycles. The van der Waals surface area contributed by atoms with Gasteiger partial charge in [0.15, 0.2) is 0 Å². The molecule has 0 unspecified atom stereocenters. The monoisotopic (exact) mass is 382 g/mol. The molecular weight excluding hydrogens is 356 g/mol. The zero-order valence-electron chi connectivity index (χ0n) is 16.6. The molecule has 0 atom stereocenters. The van der Waals surface area contributed by atoms with Crippen molar-refractivity contribution < 1.29 is 0 Å². The molecule has 1 aromatic heterocycles. The Morgan fingerprint density at radius 3 is 2.31 bits per heavy atom. The standard InChI is InChI=1S/C25H26N4/c1-2-7-13-20(12-6-1)28-25-27-17-19-16-26-23(18-10-4-3-5-11-18)21-14-8-9-15-22(21)24(19)29-25/h3-5,8-11,14-15,17,20H,1-2,6-7,12-13,16H2,(H,27,28,29). The van der Waals surface area contributed by atoms with E-state index in [0.717, 1.165) is 39.6 Å². The minimum atomic E-state index is 0.479. The molecule has 2 aromatic carbocycles. The van der Waals surface area contributed by atoms with E-state index in [1.54, 1.807) is 0 Å². The van der Waals surface area contributed by atoms with Crippen molar-refractivity contribution in [3.63, 3.8) is 0 Å². The van der Waals surface area contributed by atoms with Crippen molar-refractivity contribution in [3.05, 3.63) is 77.5 Å². The van der Waals surface area contributed by atoms with Crippen LogP contribution in [0.2, 0.25) is 0 Å². The number of benzene rings is 2. The van der Waals surface area contributed by atoms with E-state index in [0.29, 0.717) is 12.6 Å². The molecule has 0 saturated heterocycles. The van der Waals surface area contributed by atoms with Crippen molar-refractivity contribution in [3.8, 4) is 11.3 Å². The lowest BCUT2D eigenvalue weighted by molar-refractivity contribution is 0.615. The van der Waals surface area contributed by atoms with Crippen LogP contribution in [-0.4, -0.2) is 21.7 Å². The Balaban J connectivity index is 1.53. The van der Waals surface area contributed by atoms with Gasteiger partial charge in [-0.1, -0.05) is 80.3 Å². The predicted octanol–water partition coefficient (Wildman–Crippen LogP) is 5.63. The molecule has 0 bridgehead atoms. The maximum atomic E-state index is 4.97. The van der Waals surface area contributed by atoms with Gasteiger partial charge in [-0.25, -0.2) is 9.97 Å². The summed E-state index contributed by atoms with van der Waals surface area (Å²) in [6.07, 6.45) is 9.64. The minimum absolute atomic E-state index is 0.479. The van der Waals surface area contributed by atoms with Gasteiger partial charge in [-0.15, -0.1) is 0 Å². The van der Waals surface area contributed by atoms with E-state index in [-0.39, 0.29) is 0 Å². The zero-order valence-corrected chi connectivity index (χ0v) is 16.6. The highest BCUT2D eigenvalue weighted by Gasteiger charge is 2.21.